The summed E-state index contributed by atoms with van der Waals surface area (Å²) in [5.74, 6) is -0.205. The molecule has 0 heterocycles. The highest BCUT2D eigenvalue weighted by Gasteiger charge is 2.20. The summed E-state index contributed by atoms with van der Waals surface area (Å²) in [4.78, 5) is 22.6. The maximum Gasteiger partial charge on any atom is 0.343 e. The van der Waals surface area contributed by atoms with Crippen LogP contribution >= 0.6 is 11.6 Å². The van der Waals surface area contributed by atoms with Gasteiger partial charge in [0.1, 0.15) is 24.5 Å². The predicted molar refractivity (Wildman–Crippen MR) is 91.6 cm³/mol. The molecule has 0 radical (unpaired) electrons. The number of aryl methyl sites for hydroxylation is 1. The van der Waals surface area contributed by atoms with Gasteiger partial charge in [-0.05, 0) is 24.6 Å². The molecule has 0 unspecified atom stereocenters. The summed E-state index contributed by atoms with van der Waals surface area (Å²) in [5, 5.41) is 11.1. The molecule has 8 heteroatoms. The van der Waals surface area contributed by atoms with Crippen LogP contribution in [0.4, 0.5) is 5.69 Å². The van der Waals surface area contributed by atoms with Gasteiger partial charge in [-0.1, -0.05) is 29.8 Å². The Balaban J connectivity index is 1.99. The van der Waals surface area contributed by atoms with Crippen LogP contribution in [-0.2, 0) is 4.74 Å². The summed E-state index contributed by atoms with van der Waals surface area (Å²) >= 11 is 6.05. The van der Waals surface area contributed by atoms with Crippen molar-refractivity contribution >= 4 is 23.3 Å². The lowest BCUT2D eigenvalue weighted by molar-refractivity contribution is -0.385. The molecular formula is C17H16ClNO6. The van der Waals surface area contributed by atoms with Crippen molar-refractivity contribution in [2.75, 3.05) is 20.3 Å². The Hall–Kier alpha value is -2.80. The monoisotopic (exact) mass is 365 g/mol. The molecule has 0 spiro atoms. The minimum atomic E-state index is -0.656. The summed E-state index contributed by atoms with van der Waals surface area (Å²) in [6, 6.07) is 9.28. The quantitative estimate of drug-likeness (QED) is 0.321. The number of benzene rings is 2. The van der Waals surface area contributed by atoms with Crippen molar-refractivity contribution in [1.29, 1.82) is 0 Å². The Bertz CT molecular complexity index is 793. The van der Waals surface area contributed by atoms with Crippen LogP contribution in [0.15, 0.2) is 36.4 Å². The van der Waals surface area contributed by atoms with Crippen molar-refractivity contribution in [3.63, 3.8) is 0 Å². The van der Waals surface area contributed by atoms with Gasteiger partial charge in [0.25, 0.3) is 0 Å². The maximum atomic E-state index is 12.2. The molecule has 2 aromatic carbocycles. The number of methoxy groups -OCH3 is 1. The van der Waals surface area contributed by atoms with Gasteiger partial charge in [-0.25, -0.2) is 4.79 Å². The molecule has 0 atom stereocenters. The minimum absolute atomic E-state index is 0.0393. The number of hydrogen-bond donors (Lipinski definition) is 0. The summed E-state index contributed by atoms with van der Waals surface area (Å²) in [7, 11) is 1.44. The minimum Gasteiger partial charge on any atom is -0.496 e. The lowest BCUT2D eigenvalue weighted by Gasteiger charge is -2.13. The molecule has 0 N–H and O–H groups in total. The van der Waals surface area contributed by atoms with Crippen molar-refractivity contribution in [3.05, 3.63) is 62.7 Å². The van der Waals surface area contributed by atoms with E-state index in [1.165, 1.54) is 25.3 Å². The second-order valence-corrected chi connectivity index (χ2v) is 5.39. The maximum absolute atomic E-state index is 12.2. The highest BCUT2D eigenvalue weighted by atomic mass is 35.5. The molecule has 2 rings (SSSR count). The fourth-order valence-corrected chi connectivity index (χ4v) is 2.43. The summed E-state index contributed by atoms with van der Waals surface area (Å²) in [5.41, 5.74) is 0.724. The van der Waals surface area contributed by atoms with Gasteiger partial charge in [0.05, 0.1) is 17.1 Å². The van der Waals surface area contributed by atoms with Gasteiger partial charge in [0, 0.05) is 6.07 Å². The topological polar surface area (TPSA) is 87.9 Å². The molecule has 0 aliphatic heterocycles. The smallest absolute Gasteiger partial charge is 0.343 e. The number of carbonyl (C=O) groups excluding carboxylic acids is 1. The molecule has 0 aliphatic rings. The van der Waals surface area contributed by atoms with E-state index >= 15 is 0 Å². The third-order valence-electron chi connectivity index (χ3n) is 3.35. The summed E-state index contributed by atoms with van der Waals surface area (Å²) in [6.07, 6.45) is 0. The van der Waals surface area contributed by atoms with E-state index in [0.717, 1.165) is 5.56 Å². The summed E-state index contributed by atoms with van der Waals surface area (Å²) < 4.78 is 15.6. The Morgan fingerprint density at radius 2 is 1.92 bits per heavy atom. The van der Waals surface area contributed by atoms with Crippen molar-refractivity contribution in [2.45, 2.75) is 6.92 Å². The summed E-state index contributed by atoms with van der Waals surface area (Å²) in [6.45, 7) is 1.64. The van der Waals surface area contributed by atoms with E-state index in [-0.39, 0.29) is 35.2 Å². The fourth-order valence-electron chi connectivity index (χ4n) is 2.20. The second kappa shape index (κ2) is 8.34. The van der Waals surface area contributed by atoms with E-state index in [1.54, 1.807) is 25.1 Å². The van der Waals surface area contributed by atoms with Crippen LogP contribution in [0.2, 0.25) is 5.02 Å². The standard InChI is InChI=1S/C17H16ClNO6/c1-11-7-8-12(18)15(16(11)23-2)17(20)25-10-9-24-14-6-4-3-5-13(14)19(21)22/h3-8H,9-10H2,1-2H3. The SMILES string of the molecule is COc1c(C)ccc(Cl)c1C(=O)OCCOc1ccccc1[N+](=O)[O-]. The zero-order valence-electron chi connectivity index (χ0n) is 13.7. The van der Waals surface area contributed by atoms with E-state index in [0.29, 0.717) is 5.75 Å². The van der Waals surface area contributed by atoms with Crippen LogP contribution in [-0.4, -0.2) is 31.2 Å². The molecule has 0 aromatic heterocycles. The first-order valence-electron chi connectivity index (χ1n) is 7.32. The van der Waals surface area contributed by atoms with Crippen LogP contribution < -0.4 is 9.47 Å². The van der Waals surface area contributed by atoms with Gasteiger partial charge in [-0.2, -0.15) is 0 Å². The first-order chi connectivity index (χ1) is 12.0. The highest BCUT2D eigenvalue weighted by molar-refractivity contribution is 6.34. The van der Waals surface area contributed by atoms with Crippen molar-refractivity contribution in [2.24, 2.45) is 0 Å². The van der Waals surface area contributed by atoms with Gasteiger partial charge < -0.3 is 14.2 Å². The molecular weight excluding hydrogens is 350 g/mol. The van der Waals surface area contributed by atoms with Gasteiger partial charge in [0.15, 0.2) is 5.75 Å². The molecule has 25 heavy (non-hydrogen) atoms. The number of carbonyl (C=O) groups is 1. The number of nitro groups is 1. The third kappa shape index (κ3) is 4.39. The number of nitrogens with zero attached hydrogens (tertiary/aromatic N) is 1. The Labute approximate surface area is 149 Å². The van der Waals surface area contributed by atoms with Crippen LogP contribution in [0.3, 0.4) is 0 Å². The fraction of sp³-hybridized carbons (Fsp3) is 0.235. The van der Waals surface area contributed by atoms with Crippen molar-refractivity contribution in [3.8, 4) is 11.5 Å². The number of para-hydroxylation sites is 2. The van der Waals surface area contributed by atoms with Crippen LogP contribution in [0, 0.1) is 17.0 Å². The predicted octanol–water partition coefficient (Wildman–Crippen LogP) is 3.80. The first-order valence-corrected chi connectivity index (χ1v) is 7.70. The number of esters is 1. The molecule has 0 aliphatic carbocycles. The molecule has 132 valence electrons. The molecule has 0 saturated carbocycles. The molecule has 2 aromatic rings. The van der Waals surface area contributed by atoms with Gasteiger partial charge in [0.2, 0.25) is 0 Å². The molecule has 0 saturated heterocycles. The molecule has 0 fully saturated rings. The number of nitro benzene ring substituents is 1. The van der Waals surface area contributed by atoms with E-state index in [9.17, 15) is 14.9 Å². The highest BCUT2D eigenvalue weighted by Crippen LogP contribution is 2.30. The Morgan fingerprint density at radius 1 is 1.20 bits per heavy atom. The number of hydrogen-bond acceptors (Lipinski definition) is 6. The van der Waals surface area contributed by atoms with Gasteiger partial charge in [-0.3, -0.25) is 10.1 Å². The first kappa shape index (κ1) is 18.5. The second-order valence-electron chi connectivity index (χ2n) is 4.98. The zero-order valence-corrected chi connectivity index (χ0v) is 14.4. The van der Waals surface area contributed by atoms with Crippen LogP contribution in [0.5, 0.6) is 11.5 Å². The van der Waals surface area contributed by atoms with E-state index in [4.69, 9.17) is 25.8 Å². The van der Waals surface area contributed by atoms with Crippen molar-refractivity contribution < 1.29 is 23.9 Å². The van der Waals surface area contributed by atoms with E-state index in [2.05, 4.69) is 0 Å². The number of halogens is 1. The average Bonchev–Trinajstić information content (AvgIpc) is 2.60. The molecule has 0 bridgehead atoms. The molecule has 7 nitrogen and oxygen atoms in total. The third-order valence-corrected chi connectivity index (χ3v) is 3.66. The number of rotatable bonds is 7. The lowest BCUT2D eigenvalue weighted by atomic mass is 10.1. The zero-order chi connectivity index (χ0) is 18.4. The Kier molecular flexibility index (Phi) is 6.19. The number of ether oxygens (including phenoxy) is 3. The van der Waals surface area contributed by atoms with Gasteiger partial charge in [-0.15, -0.1) is 0 Å². The Morgan fingerprint density at radius 3 is 2.60 bits per heavy atom. The van der Waals surface area contributed by atoms with Crippen LogP contribution in [0.1, 0.15) is 15.9 Å². The van der Waals surface area contributed by atoms with E-state index < -0.39 is 10.9 Å². The lowest BCUT2D eigenvalue weighted by Crippen LogP contribution is -2.14. The molecule has 0 amide bonds. The normalized spacial score (nSPS) is 10.2. The average molecular weight is 366 g/mol. The van der Waals surface area contributed by atoms with Crippen LogP contribution in [0.25, 0.3) is 0 Å². The van der Waals surface area contributed by atoms with Crippen molar-refractivity contribution in [1.82, 2.24) is 0 Å². The van der Waals surface area contributed by atoms with Gasteiger partial charge >= 0.3 is 11.7 Å². The largest absolute Gasteiger partial charge is 0.496 e. The van der Waals surface area contributed by atoms with E-state index in [1.807, 2.05) is 0 Å².